The second-order valence-corrected chi connectivity index (χ2v) is 4.64. The summed E-state index contributed by atoms with van der Waals surface area (Å²) < 4.78 is 0. The van der Waals surface area contributed by atoms with Gasteiger partial charge < -0.3 is 15.7 Å². The number of rotatable bonds is 2. The number of carbonyl (C=O) groups excluding carboxylic acids is 1. The minimum absolute atomic E-state index is 0.0475. The van der Waals surface area contributed by atoms with Crippen LogP contribution in [-0.2, 0) is 4.79 Å². The molecule has 2 fully saturated rings. The number of likely N-dealkylation sites (N-methyl/N-ethyl adjacent to an activating group) is 1. The molecule has 0 spiro atoms. The number of nitrogens with zero attached hydrogens (tertiary/aromatic N) is 1. The Morgan fingerprint density at radius 1 is 1.50 bits per heavy atom. The fourth-order valence-corrected chi connectivity index (χ4v) is 2.83. The van der Waals surface area contributed by atoms with E-state index in [0.29, 0.717) is 6.54 Å². The van der Waals surface area contributed by atoms with Gasteiger partial charge in [0.15, 0.2) is 0 Å². The zero-order valence-corrected chi connectivity index (χ0v) is 9.78. The Balaban J connectivity index is 2.06. The van der Waals surface area contributed by atoms with Gasteiger partial charge in [-0.3, -0.25) is 9.69 Å². The molecule has 5 nitrogen and oxygen atoms in total. The van der Waals surface area contributed by atoms with Crippen molar-refractivity contribution in [1.82, 2.24) is 15.5 Å². The molecule has 92 valence electrons. The Morgan fingerprint density at radius 2 is 2.31 bits per heavy atom. The Bertz CT molecular complexity index is 260. The standard InChI is InChI=1S/C11H21N3O2/c1-12-11(16)9-7-13-5-6-14(9)8-3-2-4-10(8)15/h8-10,13,15H,2-7H2,1H3,(H,12,16). The van der Waals surface area contributed by atoms with E-state index in [0.717, 1.165) is 32.4 Å². The minimum atomic E-state index is -0.259. The van der Waals surface area contributed by atoms with E-state index >= 15 is 0 Å². The van der Waals surface area contributed by atoms with Crippen LogP contribution in [0.5, 0.6) is 0 Å². The third-order valence-corrected chi connectivity index (χ3v) is 3.70. The number of hydrogen-bond acceptors (Lipinski definition) is 4. The van der Waals surface area contributed by atoms with E-state index in [2.05, 4.69) is 15.5 Å². The van der Waals surface area contributed by atoms with E-state index in [1.165, 1.54) is 0 Å². The van der Waals surface area contributed by atoms with Crippen LogP contribution in [0.3, 0.4) is 0 Å². The quantitative estimate of drug-likeness (QED) is 0.561. The highest BCUT2D eigenvalue weighted by Gasteiger charge is 2.38. The maximum atomic E-state index is 11.8. The van der Waals surface area contributed by atoms with Crippen molar-refractivity contribution in [3.05, 3.63) is 0 Å². The Kier molecular flexibility index (Phi) is 3.78. The largest absolute Gasteiger partial charge is 0.391 e. The summed E-state index contributed by atoms with van der Waals surface area (Å²) in [4.78, 5) is 13.9. The average Bonchev–Trinajstić information content (AvgIpc) is 2.74. The molecule has 1 aliphatic heterocycles. The van der Waals surface area contributed by atoms with Crippen LogP contribution >= 0.6 is 0 Å². The summed E-state index contributed by atoms with van der Waals surface area (Å²) in [5, 5.41) is 15.9. The van der Waals surface area contributed by atoms with Crippen molar-refractivity contribution >= 4 is 5.91 Å². The summed E-state index contributed by atoms with van der Waals surface area (Å²) in [6.07, 6.45) is 2.69. The predicted octanol–water partition coefficient (Wildman–Crippen LogP) is -1.08. The molecule has 0 bridgehead atoms. The average molecular weight is 227 g/mol. The fraction of sp³-hybridized carbons (Fsp3) is 0.909. The Morgan fingerprint density at radius 3 is 2.94 bits per heavy atom. The van der Waals surface area contributed by atoms with Crippen molar-refractivity contribution in [2.75, 3.05) is 26.7 Å². The van der Waals surface area contributed by atoms with E-state index in [4.69, 9.17) is 0 Å². The summed E-state index contributed by atoms with van der Waals surface area (Å²) in [6.45, 7) is 2.43. The monoisotopic (exact) mass is 227 g/mol. The number of nitrogens with one attached hydrogen (secondary N) is 2. The fourth-order valence-electron chi connectivity index (χ4n) is 2.83. The first-order valence-corrected chi connectivity index (χ1v) is 6.10. The zero-order valence-electron chi connectivity index (χ0n) is 9.78. The number of aliphatic hydroxyl groups excluding tert-OH is 1. The van der Waals surface area contributed by atoms with Gasteiger partial charge in [0.25, 0.3) is 0 Å². The molecule has 2 aliphatic rings. The predicted molar refractivity (Wildman–Crippen MR) is 61.1 cm³/mol. The van der Waals surface area contributed by atoms with Gasteiger partial charge in [-0.25, -0.2) is 0 Å². The molecule has 1 amide bonds. The van der Waals surface area contributed by atoms with Crippen molar-refractivity contribution in [3.63, 3.8) is 0 Å². The third-order valence-electron chi connectivity index (χ3n) is 3.70. The topological polar surface area (TPSA) is 64.6 Å². The minimum Gasteiger partial charge on any atom is -0.391 e. The van der Waals surface area contributed by atoms with Gasteiger partial charge in [0.1, 0.15) is 6.04 Å². The van der Waals surface area contributed by atoms with E-state index in [-0.39, 0.29) is 24.1 Å². The van der Waals surface area contributed by atoms with E-state index in [1.54, 1.807) is 7.05 Å². The Labute approximate surface area is 96.2 Å². The van der Waals surface area contributed by atoms with Gasteiger partial charge in [-0.1, -0.05) is 0 Å². The van der Waals surface area contributed by atoms with Crippen molar-refractivity contribution in [2.45, 2.75) is 37.5 Å². The van der Waals surface area contributed by atoms with Gasteiger partial charge in [0, 0.05) is 32.7 Å². The first-order chi connectivity index (χ1) is 7.74. The van der Waals surface area contributed by atoms with Crippen LogP contribution in [0.2, 0.25) is 0 Å². The van der Waals surface area contributed by atoms with Gasteiger partial charge in [0.05, 0.1) is 6.10 Å². The van der Waals surface area contributed by atoms with Crippen molar-refractivity contribution in [2.24, 2.45) is 0 Å². The molecule has 0 aromatic carbocycles. The van der Waals surface area contributed by atoms with E-state index in [1.807, 2.05) is 0 Å². The van der Waals surface area contributed by atoms with Crippen LogP contribution < -0.4 is 10.6 Å². The van der Waals surface area contributed by atoms with Gasteiger partial charge in [-0.15, -0.1) is 0 Å². The van der Waals surface area contributed by atoms with Gasteiger partial charge in [-0.2, -0.15) is 0 Å². The molecule has 1 heterocycles. The van der Waals surface area contributed by atoms with E-state index in [9.17, 15) is 9.90 Å². The number of carbonyl (C=O) groups is 1. The van der Waals surface area contributed by atoms with Crippen LogP contribution in [0.15, 0.2) is 0 Å². The van der Waals surface area contributed by atoms with Gasteiger partial charge >= 0.3 is 0 Å². The summed E-state index contributed by atoms with van der Waals surface area (Å²) in [5.74, 6) is 0.0475. The smallest absolute Gasteiger partial charge is 0.238 e. The number of amides is 1. The number of piperazine rings is 1. The highest BCUT2D eigenvalue weighted by Crippen LogP contribution is 2.26. The second-order valence-electron chi connectivity index (χ2n) is 4.64. The van der Waals surface area contributed by atoms with Crippen LogP contribution in [0.4, 0.5) is 0 Å². The number of aliphatic hydroxyl groups is 1. The zero-order chi connectivity index (χ0) is 11.5. The van der Waals surface area contributed by atoms with Gasteiger partial charge in [-0.05, 0) is 19.3 Å². The lowest BCUT2D eigenvalue weighted by molar-refractivity contribution is -0.128. The van der Waals surface area contributed by atoms with Gasteiger partial charge in [0.2, 0.25) is 5.91 Å². The first kappa shape index (κ1) is 11.8. The molecule has 0 aromatic rings. The first-order valence-electron chi connectivity index (χ1n) is 6.10. The molecule has 5 heteroatoms. The Hall–Kier alpha value is -0.650. The molecule has 0 aromatic heterocycles. The number of hydrogen-bond donors (Lipinski definition) is 3. The maximum Gasteiger partial charge on any atom is 0.238 e. The third kappa shape index (κ3) is 2.21. The lowest BCUT2D eigenvalue weighted by Gasteiger charge is -2.40. The molecule has 16 heavy (non-hydrogen) atoms. The van der Waals surface area contributed by atoms with Crippen molar-refractivity contribution in [1.29, 1.82) is 0 Å². The maximum absolute atomic E-state index is 11.8. The molecule has 1 saturated carbocycles. The van der Waals surface area contributed by atoms with Crippen molar-refractivity contribution < 1.29 is 9.90 Å². The molecule has 3 atom stereocenters. The molecule has 3 N–H and O–H groups in total. The van der Waals surface area contributed by atoms with Crippen LogP contribution in [0.1, 0.15) is 19.3 Å². The highest BCUT2D eigenvalue weighted by molar-refractivity contribution is 5.81. The summed E-state index contributed by atoms with van der Waals surface area (Å²) in [6, 6.07) is 0.0425. The summed E-state index contributed by atoms with van der Waals surface area (Å²) >= 11 is 0. The SMILES string of the molecule is CNC(=O)C1CNCCN1C1CCCC1O. The summed E-state index contributed by atoms with van der Waals surface area (Å²) in [7, 11) is 1.67. The molecule has 3 unspecified atom stereocenters. The normalized spacial score (nSPS) is 36.2. The second kappa shape index (κ2) is 5.12. The molecular formula is C11H21N3O2. The lowest BCUT2D eigenvalue weighted by Crippen LogP contribution is -2.61. The lowest BCUT2D eigenvalue weighted by atomic mass is 10.1. The van der Waals surface area contributed by atoms with Crippen LogP contribution in [0, 0.1) is 0 Å². The summed E-state index contributed by atoms with van der Waals surface area (Å²) in [5.41, 5.74) is 0. The molecule has 0 radical (unpaired) electrons. The molecule has 2 rings (SSSR count). The van der Waals surface area contributed by atoms with Crippen molar-refractivity contribution in [3.8, 4) is 0 Å². The molecule has 1 saturated heterocycles. The van der Waals surface area contributed by atoms with E-state index < -0.39 is 0 Å². The molecule has 1 aliphatic carbocycles. The van der Waals surface area contributed by atoms with Crippen LogP contribution in [-0.4, -0.2) is 60.8 Å². The molecular weight excluding hydrogens is 206 g/mol. The highest BCUT2D eigenvalue weighted by atomic mass is 16.3. The van der Waals surface area contributed by atoms with Crippen LogP contribution in [0.25, 0.3) is 0 Å².